The fourth-order valence-electron chi connectivity index (χ4n) is 4.08. The third kappa shape index (κ3) is 2.64. The van der Waals surface area contributed by atoms with Crippen LogP contribution in [-0.2, 0) is 11.3 Å². The van der Waals surface area contributed by atoms with E-state index in [0.717, 1.165) is 50.6 Å². The van der Waals surface area contributed by atoms with Crippen LogP contribution < -0.4 is 0 Å². The molecule has 3 fully saturated rings. The lowest BCUT2D eigenvalue weighted by atomic mass is 10.0. The summed E-state index contributed by atoms with van der Waals surface area (Å²) >= 11 is 0. The summed E-state index contributed by atoms with van der Waals surface area (Å²) in [7, 11) is 0. The molecule has 0 aromatic carbocycles. The van der Waals surface area contributed by atoms with Crippen LogP contribution >= 0.6 is 0 Å². The third-order valence-electron chi connectivity index (χ3n) is 5.33. The number of likely N-dealkylation sites (tertiary alicyclic amines) is 2. The zero-order valence-corrected chi connectivity index (χ0v) is 13.2. The van der Waals surface area contributed by atoms with Gasteiger partial charge in [-0.05, 0) is 45.1 Å². The minimum Gasteiger partial charge on any atom is -0.338 e. The van der Waals surface area contributed by atoms with Crippen molar-refractivity contribution in [3.63, 3.8) is 0 Å². The Bertz CT molecular complexity index is 554. The van der Waals surface area contributed by atoms with E-state index in [1.807, 2.05) is 0 Å². The zero-order valence-electron chi connectivity index (χ0n) is 13.2. The maximum atomic E-state index is 11.8. The van der Waals surface area contributed by atoms with Crippen LogP contribution in [0.2, 0.25) is 0 Å². The zero-order chi connectivity index (χ0) is 15.1. The van der Waals surface area contributed by atoms with E-state index in [2.05, 4.69) is 19.9 Å². The van der Waals surface area contributed by atoms with Crippen LogP contribution in [0.3, 0.4) is 0 Å². The van der Waals surface area contributed by atoms with Crippen LogP contribution in [0.15, 0.2) is 4.52 Å². The summed E-state index contributed by atoms with van der Waals surface area (Å²) in [5, 5.41) is 4.11. The first-order valence-corrected chi connectivity index (χ1v) is 8.56. The van der Waals surface area contributed by atoms with E-state index in [-0.39, 0.29) is 5.91 Å². The molecule has 2 saturated heterocycles. The van der Waals surface area contributed by atoms with E-state index in [4.69, 9.17) is 4.52 Å². The molecule has 1 aliphatic carbocycles. The van der Waals surface area contributed by atoms with Gasteiger partial charge in [-0.1, -0.05) is 5.16 Å². The molecule has 1 aromatic rings. The Morgan fingerprint density at radius 2 is 1.95 bits per heavy atom. The smallest absolute Gasteiger partial charge is 0.240 e. The number of rotatable bonds is 4. The predicted molar refractivity (Wildman–Crippen MR) is 80.1 cm³/mol. The first-order valence-electron chi connectivity index (χ1n) is 8.56. The highest BCUT2D eigenvalue weighted by molar-refractivity contribution is 5.74. The Morgan fingerprint density at radius 3 is 2.73 bits per heavy atom. The number of hydrogen-bond donors (Lipinski definition) is 0. The molecular formula is C16H24N4O2. The van der Waals surface area contributed by atoms with Gasteiger partial charge in [0.15, 0.2) is 5.82 Å². The molecule has 0 spiro atoms. The summed E-state index contributed by atoms with van der Waals surface area (Å²) in [6, 6.07) is 0.813. The Morgan fingerprint density at radius 1 is 1.18 bits per heavy atom. The van der Waals surface area contributed by atoms with Gasteiger partial charge in [0.05, 0.1) is 6.54 Å². The van der Waals surface area contributed by atoms with Gasteiger partial charge in [0.2, 0.25) is 11.8 Å². The maximum absolute atomic E-state index is 11.8. The molecular weight excluding hydrogens is 280 g/mol. The highest BCUT2D eigenvalue weighted by Gasteiger charge is 2.39. The maximum Gasteiger partial charge on any atom is 0.240 e. The Balaban J connectivity index is 1.44. The minimum atomic E-state index is 0.211. The Kier molecular flexibility index (Phi) is 3.64. The minimum absolute atomic E-state index is 0.211. The summed E-state index contributed by atoms with van der Waals surface area (Å²) in [4.78, 5) is 20.9. The fraction of sp³-hybridized carbons (Fsp3) is 0.812. The molecule has 0 N–H and O–H groups in total. The molecule has 22 heavy (non-hydrogen) atoms. The summed E-state index contributed by atoms with van der Waals surface area (Å²) in [6.45, 7) is 4.40. The van der Waals surface area contributed by atoms with Crippen molar-refractivity contribution in [1.82, 2.24) is 19.9 Å². The molecule has 3 heterocycles. The average Bonchev–Trinajstić information content (AvgIpc) is 2.94. The summed E-state index contributed by atoms with van der Waals surface area (Å²) < 4.78 is 5.43. The van der Waals surface area contributed by atoms with E-state index in [0.29, 0.717) is 18.0 Å². The Hall–Kier alpha value is -1.43. The quantitative estimate of drug-likeness (QED) is 0.850. The van der Waals surface area contributed by atoms with Gasteiger partial charge in [-0.25, -0.2) is 0 Å². The molecule has 1 saturated carbocycles. The monoisotopic (exact) mass is 304 g/mol. The number of nitrogens with zero attached hydrogens (tertiary/aromatic N) is 4. The topological polar surface area (TPSA) is 62.5 Å². The molecule has 3 aliphatic rings. The average molecular weight is 304 g/mol. The van der Waals surface area contributed by atoms with Gasteiger partial charge in [0.1, 0.15) is 0 Å². The fourth-order valence-corrected chi connectivity index (χ4v) is 4.08. The van der Waals surface area contributed by atoms with Crippen LogP contribution in [0.4, 0.5) is 0 Å². The lowest BCUT2D eigenvalue weighted by molar-refractivity contribution is -0.130. The lowest BCUT2D eigenvalue weighted by Gasteiger charge is -2.33. The van der Waals surface area contributed by atoms with Gasteiger partial charge in [-0.2, -0.15) is 4.98 Å². The van der Waals surface area contributed by atoms with Crippen LogP contribution in [0.25, 0.3) is 0 Å². The van der Waals surface area contributed by atoms with E-state index >= 15 is 0 Å². The van der Waals surface area contributed by atoms with Gasteiger partial charge in [0, 0.05) is 31.5 Å². The van der Waals surface area contributed by atoms with Crippen molar-refractivity contribution in [2.24, 2.45) is 0 Å². The normalized spacial score (nSPS) is 29.4. The van der Waals surface area contributed by atoms with Gasteiger partial charge in [-0.15, -0.1) is 0 Å². The van der Waals surface area contributed by atoms with Crippen LogP contribution in [-0.4, -0.2) is 51.0 Å². The van der Waals surface area contributed by atoms with E-state index in [1.54, 1.807) is 6.92 Å². The number of carbonyl (C=O) groups is 1. The van der Waals surface area contributed by atoms with Gasteiger partial charge in [-0.3, -0.25) is 9.69 Å². The first-order chi connectivity index (χ1) is 10.7. The largest absolute Gasteiger partial charge is 0.338 e. The molecule has 4 rings (SSSR count). The van der Waals surface area contributed by atoms with Crippen molar-refractivity contribution in [3.8, 4) is 0 Å². The van der Waals surface area contributed by atoms with Crippen molar-refractivity contribution in [1.29, 1.82) is 0 Å². The molecule has 2 aliphatic heterocycles. The van der Waals surface area contributed by atoms with Crippen LogP contribution in [0, 0.1) is 0 Å². The third-order valence-corrected chi connectivity index (χ3v) is 5.33. The molecule has 2 unspecified atom stereocenters. The Labute approximate surface area is 130 Å². The lowest BCUT2D eigenvalue weighted by Crippen LogP contribution is -2.47. The van der Waals surface area contributed by atoms with Crippen LogP contribution in [0.1, 0.15) is 63.1 Å². The highest BCUT2D eigenvalue weighted by atomic mass is 16.5. The van der Waals surface area contributed by atoms with Crippen LogP contribution in [0.5, 0.6) is 0 Å². The summed E-state index contributed by atoms with van der Waals surface area (Å²) in [5.74, 6) is 2.37. The SMILES string of the molecule is CC(=O)N1CCCC1C1CCCN1Cc1nc(C2CC2)no1. The second kappa shape index (κ2) is 5.65. The number of hydrogen-bond acceptors (Lipinski definition) is 5. The van der Waals surface area contributed by atoms with Crippen molar-refractivity contribution in [2.45, 2.75) is 70.0 Å². The number of amides is 1. The number of aromatic nitrogens is 2. The molecule has 6 heteroatoms. The molecule has 120 valence electrons. The predicted octanol–water partition coefficient (Wildman–Crippen LogP) is 1.92. The highest BCUT2D eigenvalue weighted by Crippen LogP contribution is 2.38. The van der Waals surface area contributed by atoms with Gasteiger partial charge in [0.25, 0.3) is 0 Å². The molecule has 0 bridgehead atoms. The van der Waals surface area contributed by atoms with Crippen molar-refractivity contribution in [3.05, 3.63) is 11.7 Å². The summed E-state index contributed by atoms with van der Waals surface area (Å²) in [6.07, 6.45) is 7.00. The van der Waals surface area contributed by atoms with Crippen molar-refractivity contribution < 1.29 is 9.32 Å². The van der Waals surface area contributed by atoms with E-state index < -0.39 is 0 Å². The van der Waals surface area contributed by atoms with Gasteiger partial charge >= 0.3 is 0 Å². The van der Waals surface area contributed by atoms with E-state index in [1.165, 1.54) is 19.3 Å². The molecule has 2 atom stereocenters. The second-order valence-corrected chi connectivity index (χ2v) is 6.92. The molecule has 0 radical (unpaired) electrons. The standard InChI is InChI=1S/C16H24N4O2/c1-11(21)20-9-3-5-14(20)13-4-2-8-19(13)10-15-17-16(18-22-15)12-6-7-12/h12-14H,2-10H2,1H3. The first kappa shape index (κ1) is 14.2. The summed E-state index contributed by atoms with van der Waals surface area (Å²) in [5.41, 5.74) is 0. The number of carbonyl (C=O) groups excluding carboxylic acids is 1. The van der Waals surface area contributed by atoms with Crippen molar-refractivity contribution in [2.75, 3.05) is 13.1 Å². The second-order valence-electron chi connectivity index (χ2n) is 6.92. The van der Waals surface area contributed by atoms with Crippen molar-refractivity contribution >= 4 is 5.91 Å². The molecule has 1 aromatic heterocycles. The molecule has 1 amide bonds. The van der Waals surface area contributed by atoms with E-state index in [9.17, 15) is 4.79 Å². The molecule has 6 nitrogen and oxygen atoms in total. The van der Waals surface area contributed by atoms with Gasteiger partial charge < -0.3 is 9.42 Å².